The van der Waals surface area contributed by atoms with Crippen LogP contribution in [0.5, 0.6) is 0 Å². The lowest BCUT2D eigenvalue weighted by molar-refractivity contribution is 0.116. The van der Waals surface area contributed by atoms with Crippen molar-refractivity contribution < 1.29 is 4.74 Å². The lowest BCUT2D eigenvalue weighted by Gasteiger charge is -2.13. The third kappa shape index (κ3) is 7.42. The standard InChI is InChI=1S/C20H33NO/c1-18-10-12-20(13-11-18)17-22-15-7-3-2-4-8-19-9-5-6-14-21-16-19/h10-13,19,21H,2-9,14-17H2,1H3. The number of nitrogens with one attached hydrogen (secondary N) is 1. The predicted octanol–water partition coefficient (Wildman–Crippen LogP) is 4.85. The molecule has 1 fully saturated rings. The van der Waals surface area contributed by atoms with Crippen molar-refractivity contribution in [1.29, 1.82) is 0 Å². The van der Waals surface area contributed by atoms with Gasteiger partial charge >= 0.3 is 0 Å². The molecule has 0 aliphatic carbocycles. The van der Waals surface area contributed by atoms with Crippen LogP contribution in [0.15, 0.2) is 24.3 Å². The van der Waals surface area contributed by atoms with Crippen LogP contribution in [0.1, 0.15) is 62.5 Å². The molecule has 2 rings (SSSR count). The van der Waals surface area contributed by atoms with E-state index in [0.717, 1.165) is 19.1 Å². The van der Waals surface area contributed by atoms with Crippen LogP contribution in [0.25, 0.3) is 0 Å². The Labute approximate surface area is 136 Å². The van der Waals surface area contributed by atoms with E-state index in [4.69, 9.17) is 4.74 Å². The van der Waals surface area contributed by atoms with Crippen LogP contribution in [0, 0.1) is 12.8 Å². The normalized spacial score (nSPS) is 19.0. The highest BCUT2D eigenvalue weighted by molar-refractivity contribution is 5.20. The van der Waals surface area contributed by atoms with Gasteiger partial charge in [0.05, 0.1) is 6.61 Å². The van der Waals surface area contributed by atoms with Crippen LogP contribution >= 0.6 is 0 Å². The van der Waals surface area contributed by atoms with E-state index in [1.165, 1.54) is 75.6 Å². The van der Waals surface area contributed by atoms with Gasteiger partial charge in [0.2, 0.25) is 0 Å². The zero-order valence-electron chi connectivity index (χ0n) is 14.3. The molecule has 1 aliphatic heterocycles. The molecule has 0 spiro atoms. The Bertz CT molecular complexity index is 379. The van der Waals surface area contributed by atoms with E-state index in [-0.39, 0.29) is 0 Å². The summed E-state index contributed by atoms with van der Waals surface area (Å²) in [7, 11) is 0. The van der Waals surface area contributed by atoms with Crippen molar-refractivity contribution in [3.05, 3.63) is 35.4 Å². The highest BCUT2D eigenvalue weighted by Crippen LogP contribution is 2.18. The molecule has 0 amide bonds. The van der Waals surface area contributed by atoms with Crippen molar-refractivity contribution >= 4 is 0 Å². The second-order valence-electron chi connectivity index (χ2n) is 6.81. The van der Waals surface area contributed by atoms with Crippen LogP contribution in [-0.4, -0.2) is 19.7 Å². The molecule has 1 N–H and O–H groups in total. The molecule has 1 unspecified atom stereocenters. The molecular weight excluding hydrogens is 270 g/mol. The van der Waals surface area contributed by atoms with E-state index in [2.05, 4.69) is 36.5 Å². The molecule has 0 aromatic heterocycles. The largest absolute Gasteiger partial charge is 0.377 e. The Morgan fingerprint density at radius 2 is 1.86 bits per heavy atom. The Kier molecular flexibility index (Phi) is 8.59. The van der Waals surface area contributed by atoms with E-state index in [0.29, 0.717) is 0 Å². The highest BCUT2D eigenvalue weighted by Gasteiger charge is 2.10. The fourth-order valence-electron chi connectivity index (χ4n) is 3.20. The number of aryl methyl sites for hydroxylation is 1. The maximum atomic E-state index is 5.76. The molecule has 2 nitrogen and oxygen atoms in total. The van der Waals surface area contributed by atoms with E-state index in [9.17, 15) is 0 Å². The summed E-state index contributed by atoms with van der Waals surface area (Å²) in [4.78, 5) is 0. The molecule has 0 radical (unpaired) electrons. The zero-order chi connectivity index (χ0) is 15.5. The van der Waals surface area contributed by atoms with Gasteiger partial charge in [-0.3, -0.25) is 0 Å². The summed E-state index contributed by atoms with van der Waals surface area (Å²) in [6, 6.07) is 8.63. The predicted molar refractivity (Wildman–Crippen MR) is 94.1 cm³/mol. The van der Waals surface area contributed by atoms with Gasteiger partial charge in [-0.2, -0.15) is 0 Å². The molecule has 2 heteroatoms. The number of hydrogen-bond donors (Lipinski definition) is 1. The van der Waals surface area contributed by atoms with Crippen molar-refractivity contribution in [2.45, 2.75) is 64.9 Å². The van der Waals surface area contributed by atoms with Gasteiger partial charge < -0.3 is 10.1 Å². The van der Waals surface area contributed by atoms with Crippen LogP contribution in [0.3, 0.4) is 0 Å². The Balaban J connectivity index is 1.41. The van der Waals surface area contributed by atoms with Gasteiger partial charge in [-0.1, -0.05) is 55.5 Å². The van der Waals surface area contributed by atoms with Gasteiger partial charge in [0, 0.05) is 6.61 Å². The van der Waals surface area contributed by atoms with Gasteiger partial charge in [-0.15, -0.1) is 0 Å². The number of hydrogen-bond acceptors (Lipinski definition) is 2. The molecule has 1 heterocycles. The van der Waals surface area contributed by atoms with Crippen LogP contribution < -0.4 is 5.32 Å². The molecule has 1 atom stereocenters. The second kappa shape index (κ2) is 10.8. The third-order valence-corrected chi connectivity index (χ3v) is 4.69. The maximum absolute atomic E-state index is 5.76. The molecule has 0 saturated carbocycles. The molecule has 124 valence electrons. The van der Waals surface area contributed by atoms with Gasteiger partial charge in [-0.05, 0) is 57.2 Å². The second-order valence-corrected chi connectivity index (χ2v) is 6.81. The minimum Gasteiger partial charge on any atom is -0.377 e. The lowest BCUT2D eigenvalue weighted by Crippen LogP contribution is -2.20. The molecule has 1 aromatic carbocycles. The van der Waals surface area contributed by atoms with Crippen molar-refractivity contribution in [3.63, 3.8) is 0 Å². The van der Waals surface area contributed by atoms with E-state index < -0.39 is 0 Å². The highest BCUT2D eigenvalue weighted by atomic mass is 16.5. The third-order valence-electron chi connectivity index (χ3n) is 4.69. The Hall–Kier alpha value is -0.860. The van der Waals surface area contributed by atoms with Crippen molar-refractivity contribution in [2.24, 2.45) is 5.92 Å². The number of ether oxygens (including phenoxy) is 1. The summed E-state index contributed by atoms with van der Waals surface area (Å²) in [6.45, 7) is 6.26. The van der Waals surface area contributed by atoms with Crippen LogP contribution in [0.2, 0.25) is 0 Å². The van der Waals surface area contributed by atoms with E-state index in [1.807, 2.05) is 0 Å². The first kappa shape index (κ1) is 17.5. The number of unbranched alkanes of at least 4 members (excludes halogenated alkanes) is 3. The molecule has 1 saturated heterocycles. The average Bonchev–Trinajstić information content (AvgIpc) is 2.80. The summed E-state index contributed by atoms with van der Waals surface area (Å²) in [6.07, 6.45) is 10.9. The van der Waals surface area contributed by atoms with Crippen molar-refractivity contribution in [1.82, 2.24) is 5.32 Å². The first-order valence-electron chi connectivity index (χ1n) is 9.18. The van der Waals surface area contributed by atoms with Gasteiger partial charge in [0.1, 0.15) is 0 Å². The topological polar surface area (TPSA) is 21.3 Å². The average molecular weight is 303 g/mol. The van der Waals surface area contributed by atoms with E-state index in [1.54, 1.807) is 0 Å². The van der Waals surface area contributed by atoms with Crippen molar-refractivity contribution in [2.75, 3.05) is 19.7 Å². The summed E-state index contributed by atoms with van der Waals surface area (Å²) < 4.78 is 5.76. The molecule has 1 aromatic rings. The first-order valence-corrected chi connectivity index (χ1v) is 9.18. The van der Waals surface area contributed by atoms with Gasteiger partial charge in [0.15, 0.2) is 0 Å². The minimum absolute atomic E-state index is 0.758. The number of benzene rings is 1. The molecule has 1 aliphatic rings. The first-order chi connectivity index (χ1) is 10.8. The summed E-state index contributed by atoms with van der Waals surface area (Å²) in [5, 5.41) is 3.57. The van der Waals surface area contributed by atoms with Crippen LogP contribution in [-0.2, 0) is 11.3 Å². The molecule has 22 heavy (non-hydrogen) atoms. The fourth-order valence-corrected chi connectivity index (χ4v) is 3.20. The van der Waals surface area contributed by atoms with E-state index >= 15 is 0 Å². The summed E-state index contributed by atoms with van der Waals surface area (Å²) in [5.74, 6) is 0.931. The smallest absolute Gasteiger partial charge is 0.0716 e. The summed E-state index contributed by atoms with van der Waals surface area (Å²) >= 11 is 0. The van der Waals surface area contributed by atoms with Gasteiger partial charge in [0.25, 0.3) is 0 Å². The van der Waals surface area contributed by atoms with Crippen molar-refractivity contribution in [3.8, 4) is 0 Å². The maximum Gasteiger partial charge on any atom is 0.0716 e. The molecule has 0 bridgehead atoms. The lowest BCUT2D eigenvalue weighted by atomic mass is 9.96. The van der Waals surface area contributed by atoms with Crippen LogP contribution in [0.4, 0.5) is 0 Å². The SMILES string of the molecule is Cc1ccc(COCCCCCCC2CCCCNC2)cc1. The quantitative estimate of drug-likeness (QED) is 0.658. The monoisotopic (exact) mass is 303 g/mol. The number of rotatable bonds is 9. The summed E-state index contributed by atoms with van der Waals surface area (Å²) in [5.41, 5.74) is 2.60. The zero-order valence-corrected chi connectivity index (χ0v) is 14.3. The minimum atomic E-state index is 0.758. The Morgan fingerprint density at radius 3 is 2.73 bits per heavy atom. The van der Waals surface area contributed by atoms with Gasteiger partial charge in [-0.25, -0.2) is 0 Å². The Morgan fingerprint density at radius 1 is 1.05 bits per heavy atom. The molecular formula is C20H33NO. The fraction of sp³-hybridized carbons (Fsp3) is 0.700.